The third-order valence-electron chi connectivity index (χ3n) is 4.49. The Balaban J connectivity index is 1.52. The quantitative estimate of drug-likeness (QED) is 0.498. The number of aryl methyl sites for hydroxylation is 2. The number of amides is 1. The second-order valence-electron chi connectivity index (χ2n) is 6.26. The summed E-state index contributed by atoms with van der Waals surface area (Å²) in [6.07, 6.45) is 6.05. The van der Waals surface area contributed by atoms with Gasteiger partial charge >= 0.3 is 5.97 Å². The number of para-hydroxylation sites is 1. The minimum Gasteiger partial charge on any atom is -0.478 e. The summed E-state index contributed by atoms with van der Waals surface area (Å²) in [5, 5.41) is 13.8. The van der Waals surface area contributed by atoms with E-state index in [9.17, 15) is 14.7 Å². The number of thioether (sulfide) groups is 1. The molecule has 138 valence electrons. The van der Waals surface area contributed by atoms with Crippen molar-refractivity contribution in [3.63, 3.8) is 0 Å². The number of nitrogens with one attached hydrogen (secondary N) is 1. The van der Waals surface area contributed by atoms with Gasteiger partial charge in [0.25, 0.3) is 0 Å². The number of nitrogens with zero attached hydrogens (tertiary/aromatic N) is 2. The number of rotatable bonds is 5. The lowest BCUT2D eigenvalue weighted by Crippen LogP contribution is -2.16. The molecule has 6 nitrogen and oxygen atoms in total. The van der Waals surface area contributed by atoms with E-state index in [1.807, 2.05) is 0 Å². The Hall–Kier alpha value is -2.45. The molecule has 8 heteroatoms. The topological polar surface area (TPSA) is 92.2 Å². The molecule has 0 radical (unpaired) electrons. The lowest BCUT2D eigenvalue weighted by molar-refractivity contribution is -0.113. The molecule has 27 heavy (non-hydrogen) atoms. The summed E-state index contributed by atoms with van der Waals surface area (Å²) in [4.78, 5) is 34.8. The smallest absolute Gasteiger partial charge is 0.337 e. The molecule has 2 N–H and O–H groups in total. The fourth-order valence-corrected chi connectivity index (χ4v) is 5.39. The Morgan fingerprint density at radius 2 is 2.00 bits per heavy atom. The van der Waals surface area contributed by atoms with Gasteiger partial charge < -0.3 is 10.4 Å². The van der Waals surface area contributed by atoms with Crippen LogP contribution in [0.25, 0.3) is 10.2 Å². The van der Waals surface area contributed by atoms with Gasteiger partial charge in [-0.3, -0.25) is 4.79 Å². The van der Waals surface area contributed by atoms with E-state index in [1.165, 1.54) is 41.1 Å². The summed E-state index contributed by atoms with van der Waals surface area (Å²) in [6, 6.07) is 6.38. The molecule has 0 saturated heterocycles. The maximum atomic E-state index is 12.4. The minimum absolute atomic E-state index is 0.0761. The van der Waals surface area contributed by atoms with Gasteiger partial charge in [0.15, 0.2) is 0 Å². The van der Waals surface area contributed by atoms with Crippen molar-refractivity contribution in [2.24, 2.45) is 0 Å². The van der Waals surface area contributed by atoms with Crippen molar-refractivity contribution < 1.29 is 14.7 Å². The van der Waals surface area contributed by atoms with Crippen molar-refractivity contribution >= 4 is 50.9 Å². The minimum atomic E-state index is -1.07. The van der Waals surface area contributed by atoms with Crippen molar-refractivity contribution in [1.82, 2.24) is 9.97 Å². The van der Waals surface area contributed by atoms with Crippen LogP contribution in [-0.4, -0.2) is 32.7 Å². The van der Waals surface area contributed by atoms with E-state index in [4.69, 9.17) is 0 Å². The van der Waals surface area contributed by atoms with Crippen molar-refractivity contribution in [2.45, 2.75) is 30.7 Å². The number of thiophene rings is 1. The molecule has 1 aliphatic rings. The standard InChI is InChI=1S/C19H17N3O3S2/c23-15(22-13-7-3-1-5-11(13)19(24)25)9-26-17-16-12-6-2-4-8-14(12)27-18(16)21-10-20-17/h1,3,5,7,10H,2,4,6,8-9H2,(H,22,23)(H,24,25). The molecule has 2 heterocycles. The Bertz CT molecular complexity index is 1030. The van der Waals surface area contributed by atoms with Gasteiger partial charge in [-0.05, 0) is 43.4 Å². The molecule has 0 aliphatic heterocycles. The van der Waals surface area contributed by atoms with E-state index in [0.29, 0.717) is 5.69 Å². The van der Waals surface area contributed by atoms with Gasteiger partial charge in [-0.1, -0.05) is 23.9 Å². The van der Waals surface area contributed by atoms with Crippen LogP contribution in [-0.2, 0) is 17.6 Å². The van der Waals surface area contributed by atoms with Gasteiger partial charge in [-0.15, -0.1) is 11.3 Å². The maximum absolute atomic E-state index is 12.4. The molecule has 3 aromatic rings. The maximum Gasteiger partial charge on any atom is 0.337 e. The number of carboxylic acids is 1. The van der Waals surface area contributed by atoms with Crippen molar-refractivity contribution in [2.75, 3.05) is 11.1 Å². The molecule has 0 atom stereocenters. The van der Waals surface area contributed by atoms with Crippen LogP contribution in [0, 0.1) is 0 Å². The Labute approximate surface area is 164 Å². The molecular formula is C19H17N3O3S2. The second kappa shape index (κ2) is 7.66. The van der Waals surface area contributed by atoms with E-state index >= 15 is 0 Å². The number of hydrogen-bond donors (Lipinski definition) is 2. The van der Waals surface area contributed by atoms with Gasteiger partial charge in [-0.25, -0.2) is 14.8 Å². The fraction of sp³-hybridized carbons (Fsp3) is 0.263. The summed E-state index contributed by atoms with van der Waals surface area (Å²) >= 11 is 3.09. The van der Waals surface area contributed by atoms with E-state index in [0.717, 1.165) is 28.1 Å². The molecule has 1 aliphatic carbocycles. The predicted molar refractivity (Wildman–Crippen MR) is 107 cm³/mol. The molecule has 0 unspecified atom stereocenters. The summed E-state index contributed by atoms with van der Waals surface area (Å²) in [6.45, 7) is 0. The van der Waals surface area contributed by atoms with Crippen LogP contribution in [0.3, 0.4) is 0 Å². The van der Waals surface area contributed by atoms with Crippen molar-refractivity contribution in [3.05, 3.63) is 46.6 Å². The average molecular weight is 399 g/mol. The second-order valence-corrected chi connectivity index (χ2v) is 8.31. The number of anilines is 1. The lowest BCUT2D eigenvalue weighted by atomic mass is 9.97. The molecule has 4 rings (SSSR count). The largest absolute Gasteiger partial charge is 0.478 e. The molecule has 0 spiro atoms. The molecule has 2 aromatic heterocycles. The van der Waals surface area contributed by atoms with E-state index in [-0.39, 0.29) is 17.2 Å². The number of hydrogen-bond acceptors (Lipinski definition) is 6. The van der Waals surface area contributed by atoms with Crippen molar-refractivity contribution in [1.29, 1.82) is 0 Å². The van der Waals surface area contributed by atoms with Crippen LogP contribution in [0.4, 0.5) is 5.69 Å². The molecule has 1 amide bonds. The first-order chi connectivity index (χ1) is 13.1. The highest BCUT2D eigenvalue weighted by Gasteiger charge is 2.20. The molecule has 0 saturated carbocycles. The Morgan fingerprint density at radius 3 is 2.85 bits per heavy atom. The SMILES string of the molecule is O=C(CSc1ncnc2sc3c(c12)CCCC3)Nc1ccccc1C(=O)O. The van der Waals surface area contributed by atoms with E-state index in [1.54, 1.807) is 35.9 Å². The highest BCUT2D eigenvalue weighted by Crippen LogP contribution is 2.39. The van der Waals surface area contributed by atoms with E-state index in [2.05, 4.69) is 15.3 Å². The number of carbonyl (C=O) groups is 2. The molecular weight excluding hydrogens is 382 g/mol. The monoisotopic (exact) mass is 399 g/mol. The highest BCUT2D eigenvalue weighted by molar-refractivity contribution is 8.00. The zero-order chi connectivity index (χ0) is 18.8. The third kappa shape index (κ3) is 3.68. The number of fused-ring (bicyclic) bond motifs is 3. The number of aromatic carboxylic acids is 1. The number of benzene rings is 1. The van der Waals surface area contributed by atoms with Crippen LogP contribution >= 0.6 is 23.1 Å². The lowest BCUT2D eigenvalue weighted by Gasteiger charge is -2.11. The molecule has 0 fully saturated rings. The highest BCUT2D eigenvalue weighted by atomic mass is 32.2. The van der Waals surface area contributed by atoms with Gasteiger partial charge in [0, 0.05) is 10.3 Å². The van der Waals surface area contributed by atoms with Crippen LogP contribution in [0.2, 0.25) is 0 Å². The van der Waals surface area contributed by atoms with Gasteiger partial charge in [0.05, 0.1) is 17.0 Å². The zero-order valence-corrected chi connectivity index (χ0v) is 16.0. The third-order valence-corrected chi connectivity index (χ3v) is 6.68. The number of carboxylic acid groups (broad SMARTS) is 1. The van der Waals surface area contributed by atoms with Crippen LogP contribution in [0.1, 0.15) is 33.6 Å². The Morgan fingerprint density at radius 1 is 1.19 bits per heavy atom. The van der Waals surface area contributed by atoms with Crippen molar-refractivity contribution in [3.8, 4) is 0 Å². The predicted octanol–water partition coefficient (Wildman–Crippen LogP) is 4.00. The summed E-state index contributed by atoms with van der Waals surface area (Å²) in [5.74, 6) is -1.17. The number of aromatic nitrogens is 2. The Kier molecular flexibility index (Phi) is 5.09. The molecule has 1 aromatic carbocycles. The number of carbonyl (C=O) groups excluding carboxylic acids is 1. The summed E-state index contributed by atoms with van der Waals surface area (Å²) in [5.41, 5.74) is 1.71. The van der Waals surface area contributed by atoms with Gasteiger partial charge in [0.2, 0.25) is 5.91 Å². The molecule has 0 bridgehead atoms. The normalized spacial score (nSPS) is 13.3. The zero-order valence-electron chi connectivity index (χ0n) is 14.4. The van der Waals surface area contributed by atoms with Gasteiger partial charge in [0.1, 0.15) is 16.2 Å². The average Bonchev–Trinajstić information content (AvgIpc) is 3.06. The summed E-state index contributed by atoms with van der Waals surface area (Å²) in [7, 11) is 0. The first-order valence-electron chi connectivity index (χ1n) is 8.63. The first-order valence-corrected chi connectivity index (χ1v) is 10.4. The van der Waals surface area contributed by atoms with Crippen LogP contribution < -0.4 is 5.32 Å². The van der Waals surface area contributed by atoms with Gasteiger partial charge in [-0.2, -0.15) is 0 Å². The van der Waals surface area contributed by atoms with Crippen LogP contribution in [0.15, 0.2) is 35.6 Å². The fourth-order valence-electron chi connectivity index (χ4n) is 3.27. The first kappa shape index (κ1) is 17.9. The van der Waals surface area contributed by atoms with E-state index < -0.39 is 5.97 Å². The summed E-state index contributed by atoms with van der Waals surface area (Å²) < 4.78 is 0. The van der Waals surface area contributed by atoms with Crippen LogP contribution in [0.5, 0.6) is 0 Å².